The van der Waals surface area contributed by atoms with Crippen LogP contribution in [-0.2, 0) is 19.9 Å². The Morgan fingerprint density at radius 3 is 3.10 bits per heavy atom. The molecule has 21 heavy (non-hydrogen) atoms. The number of nitrogens with zero attached hydrogens (tertiary/aromatic N) is 2. The molecular weight excluding hydrogens is 262 g/mol. The van der Waals surface area contributed by atoms with Gasteiger partial charge in [-0.15, -0.1) is 0 Å². The topological polar surface area (TPSA) is 39.1 Å². The molecule has 2 heterocycles. The van der Waals surface area contributed by atoms with Crippen molar-refractivity contribution in [3.8, 4) is 5.75 Å². The number of aryl methyl sites for hydroxylation is 2. The van der Waals surface area contributed by atoms with E-state index in [1.165, 1.54) is 16.8 Å². The molecule has 1 aliphatic rings. The van der Waals surface area contributed by atoms with E-state index in [4.69, 9.17) is 4.74 Å². The second-order valence-corrected chi connectivity index (χ2v) is 5.62. The molecule has 0 spiro atoms. The number of hydrogen-bond acceptors (Lipinski definition) is 3. The lowest BCUT2D eigenvalue weighted by Gasteiger charge is -2.18. The minimum absolute atomic E-state index is 0.354. The van der Waals surface area contributed by atoms with E-state index in [1.54, 1.807) is 0 Å². The van der Waals surface area contributed by atoms with Crippen molar-refractivity contribution >= 4 is 0 Å². The van der Waals surface area contributed by atoms with Gasteiger partial charge >= 0.3 is 0 Å². The Hall–Kier alpha value is -1.81. The number of rotatable bonds is 6. The number of fused-ring (bicyclic) bond motifs is 1. The first-order valence-electron chi connectivity index (χ1n) is 7.72. The largest absolute Gasteiger partial charge is 0.493 e. The van der Waals surface area contributed by atoms with Crippen LogP contribution in [-0.4, -0.2) is 22.7 Å². The molecule has 112 valence electrons. The maximum absolute atomic E-state index is 5.57. The van der Waals surface area contributed by atoms with Crippen LogP contribution in [0.15, 0.2) is 30.7 Å². The molecular formula is C17H23N3O. The molecule has 1 aliphatic heterocycles. The second kappa shape index (κ2) is 6.31. The molecule has 1 aromatic heterocycles. The van der Waals surface area contributed by atoms with Gasteiger partial charge in [-0.05, 0) is 36.6 Å². The van der Waals surface area contributed by atoms with Gasteiger partial charge in [0.2, 0.25) is 0 Å². The van der Waals surface area contributed by atoms with Crippen LogP contribution >= 0.6 is 0 Å². The smallest absolute Gasteiger partial charge is 0.122 e. The molecule has 0 fully saturated rings. The van der Waals surface area contributed by atoms with Gasteiger partial charge in [0, 0.05) is 25.7 Å². The highest BCUT2D eigenvalue weighted by Gasteiger charge is 2.15. The maximum Gasteiger partial charge on any atom is 0.122 e. The lowest BCUT2D eigenvalue weighted by Crippen LogP contribution is -2.23. The van der Waals surface area contributed by atoms with Gasteiger partial charge in [-0.2, -0.15) is 0 Å². The minimum Gasteiger partial charge on any atom is -0.493 e. The molecule has 0 saturated carbocycles. The van der Waals surface area contributed by atoms with Crippen LogP contribution in [0, 0.1) is 0 Å². The van der Waals surface area contributed by atoms with E-state index in [2.05, 4.69) is 47.0 Å². The van der Waals surface area contributed by atoms with Crippen LogP contribution in [0.3, 0.4) is 0 Å². The number of aromatic nitrogens is 2. The van der Waals surface area contributed by atoms with Crippen molar-refractivity contribution in [2.75, 3.05) is 13.2 Å². The van der Waals surface area contributed by atoms with Gasteiger partial charge < -0.3 is 14.6 Å². The fraction of sp³-hybridized carbons (Fsp3) is 0.471. The van der Waals surface area contributed by atoms with Gasteiger partial charge in [0.15, 0.2) is 0 Å². The van der Waals surface area contributed by atoms with Crippen molar-refractivity contribution in [3.63, 3.8) is 0 Å². The highest BCUT2D eigenvalue weighted by atomic mass is 16.5. The number of hydrogen-bond donors (Lipinski definition) is 1. The monoisotopic (exact) mass is 285 g/mol. The van der Waals surface area contributed by atoms with Gasteiger partial charge in [-0.1, -0.05) is 19.1 Å². The van der Waals surface area contributed by atoms with Crippen molar-refractivity contribution in [2.24, 2.45) is 7.05 Å². The molecule has 0 amide bonds. The first-order valence-corrected chi connectivity index (χ1v) is 7.72. The van der Waals surface area contributed by atoms with Crippen LogP contribution in [0.2, 0.25) is 0 Å². The normalized spacial score (nSPS) is 14.8. The van der Waals surface area contributed by atoms with E-state index in [9.17, 15) is 0 Å². The van der Waals surface area contributed by atoms with E-state index >= 15 is 0 Å². The van der Waals surface area contributed by atoms with Crippen LogP contribution in [0.1, 0.15) is 36.2 Å². The Kier molecular flexibility index (Phi) is 4.25. The summed E-state index contributed by atoms with van der Waals surface area (Å²) in [5, 5.41) is 3.56. The Morgan fingerprint density at radius 1 is 1.43 bits per heavy atom. The lowest BCUT2D eigenvalue weighted by molar-refractivity contribution is 0.357. The number of ether oxygens (including phenoxy) is 1. The third kappa shape index (κ3) is 3.10. The second-order valence-electron chi connectivity index (χ2n) is 5.62. The summed E-state index contributed by atoms with van der Waals surface area (Å²) in [6, 6.07) is 6.96. The Balaban J connectivity index is 1.68. The molecule has 4 nitrogen and oxygen atoms in total. The third-order valence-corrected chi connectivity index (χ3v) is 4.14. The van der Waals surface area contributed by atoms with E-state index in [0.29, 0.717) is 6.04 Å². The molecule has 1 atom stereocenters. The van der Waals surface area contributed by atoms with Crippen molar-refractivity contribution in [1.82, 2.24) is 14.9 Å². The number of benzene rings is 1. The molecule has 1 N–H and O–H groups in total. The van der Waals surface area contributed by atoms with E-state index in [-0.39, 0.29) is 0 Å². The Bertz CT molecular complexity index is 606. The van der Waals surface area contributed by atoms with Gasteiger partial charge in [-0.25, -0.2) is 4.98 Å². The molecule has 1 unspecified atom stereocenters. The fourth-order valence-corrected chi connectivity index (χ4v) is 3.01. The molecule has 0 saturated heterocycles. The molecule has 1 aromatic carbocycles. The van der Waals surface area contributed by atoms with Gasteiger partial charge in [0.25, 0.3) is 0 Å². The fourth-order valence-electron chi connectivity index (χ4n) is 3.01. The minimum atomic E-state index is 0.354. The van der Waals surface area contributed by atoms with Crippen molar-refractivity contribution in [2.45, 2.75) is 32.2 Å². The predicted octanol–water partition coefficient (Wildman–Crippen LogP) is 2.64. The Labute approximate surface area is 126 Å². The zero-order chi connectivity index (χ0) is 14.7. The summed E-state index contributed by atoms with van der Waals surface area (Å²) in [5.74, 6) is 1.06. The zero-order valence-electron chi connectivity index (χ0n) is 12.8. The summed E-state index contributed by atoms with van der Waals surface area (Å²) in [5.41, 5.74) is 4.00. The summed E-state index contributed by atoms with van der Waals surface area (Å²) in [7, 11) is 2.05. The summed E-state index contributed by atoms with van der Waals surface area (Å²) < 4.78 is 7.67. The van der Waals surface area contributed by atoms with Crippen molar-refractivity contribution in [1.29, 1.82) is 0 Å². The van der Waals surface area contributed by atoms with Crippen LogP contribution in [0.4, 0.5) is 0 Å². The summed E-state index contributed by atoms with van der Waals surface area (Å²) in [4.78, 5) is 4.23. The van der Waals surface area contributed by atoms with E-state index in [1.807, 2.05) is 12.5 Å². The maximum atomic E-state index is 5.57. The van der Waals surface area contributed by atoms with Crippen molar-refractivity contribution in [3.05, 3.63) is 47.5 Å². The first-order chi connectivity index (χ1) is 10.3. The average molecular weight is 285 g/mol. The quantitative estimate of drug-likeness (QED) is 0.887. The zero-order valence-corrected chi connectivity index (χ0v) is 12.8. The highest BCUT2D eigenvalue weighted by molar-refractivity contribution is 5.39. The van der Waals surface area contributed by atoms with Gasteiger partial charge in [0.1, 0.15) is 5.75 Å². The lowest BCUT2D eigenvalue weighted by atomic mass is 10.0. The van der Waals surface area contributed by atoms with Crippen LogP contribution in [0.25, 0.3) is 0 Å². The predicted molar refractivity (Wildman–Crippen MR) is 83.6 cm³/mol. The molecule has 3 rings (SSSR count). The SMILES string of the molecule is CCNC(CCc1ccc2c(c1)CCO2)c1cncn1C. The first kappa shape index (κ1) is 14.1. The van der Waals surface area contributed by atoms with Crippen LogP contribution < -0.4 is 10.1 Å². The molecule has 4 heteroatoms. The molecule has 0 bridgehead atoms. The van der Waals surface area contributed by atoms with Gasteiger partial charge in [0.05, 0.1) is 18.6 Å². The Morgan fingerprint density at radius 2 is 2.33 bits per heavy atom. The molecule has 2 aromatic rings. The standard InChI is InChI=1S/C17H23N3O/c1-3-19-15(16-11-18-12-20(16)2)6-4-13-5-7-17-14(10-13)8-9-21-17/h5,7,10-12,15,19H,3-4,6,8-9H2,1-2H3. The third-order valence-electron chi connectivity index (χ3n) is 4.14. The summed E-state index contributed by atoms with van der Waals surface area (Å²) in [6.45, 7) is 3.94. The van der Waals surface area contributed by atoms with E-state index in [0.717, 1.165) is 38.2 Å². The van der Waals surface area contributed by atoms with Crippen molar-refractivity contribution < 1.29 is 4.74 Å². The average Bonchev–Trinajstić information content (AvgIpc) is 3.11. The highest BCUT2D eigenvalue weighted by Crippen LogP contribution is 2.27. The summed E-state index contributed by atoms with van der Waals surface area (Å²) >= 11 is 0. The van der Waals surface area contributed by atoms with E-state index < -0.39 is 0 Å². The number of nitrogens with one attached hydrogen (secondary N) is 1. The molecule has 0 aliphatic carbocycles. The summed E-state index contributed by atoms with van der Waals surface area (Å²) in [6.07, 6.45) is 7.01. The number of imidazole rings is 1. The molecule has 0 radical (unpaired) electrons. The van der Waals surface area contributed by atoms with Crippen LogP contribution in [0.5, 0.6) is 5.75 Å². The van der Waals surface area contributed by atoms with Gasteiger partial charge in [-0.3, -0.25) is 0 Å².